The summed E-state index contributed by atoms with van der Waals surface area (Å²) < 4.78 is 18.3. The Morgan fingerprint density at radius 2 is 2.21 bits per heavy atom. The van der Waals surface area contributed by atoms with Crippen molar-refractivity contribution in [3.8, 4) is 22.8 Å². The van der Waals surface area contributed by atoms with E-state index in [4.69, 9.17) is 4.74 Å². The van der Waals surface area contributed by atoms with Gasteiger partial charge in [-0.3, -0.25) is 0 Å². The summed E-state index contributed by atoms with van der Waals surface area (Å²) in [5.74, 6) is -0.442. The SMILES string of the molecule is COc1cc(-c2c[nH]c3ncc(O)nc23)ccc1F. The van der Waals surface area contributed by atoms with Crippen molar-refractivity contribution in [1.82, 2.24) is 15.0 Å². The van der Waals surface area contributed by atoms with Gasteiger partial charge in [-0.05, 0) is 17.7 Å². The fourth-order valence-corrected chi connectivity index (χ4v) is 1.93. The molecule has 0 aliphatic carbocycles. The van der Waals surface area contributed by atoms with Crippen molar-refractivity contribution in [3.63, 3.8) is 0 Å². The first-order valence-corrected chi connectivity index (χ1v) is 5.56. The van der Waals surface area contributed by atoms with E-state index in [2.05, 4.69) is 15.0 Å². The molecule has 0 radical (unpaired) electrons. The molecule has 0 unspecified atom stereocenters. The molecule has 2 aromatic heterocycles. The first-order chi connectivity index (χ1) is 9.19. The highest BCUT2D eigenvalue weighted by Gasteiger charge is 2.12. The molecular weight excluding hydrogens is 249 g/mol. The van der Waals surface area contributed by atoms with E-state index in [0.717, 1.165) is 11.1 Å². The molecule has 0 atom stereocenters. The van der Waals surface area contributed by atoms with E-state index in [9.17, 15) is 9.50 Å². The normalized spacial score (nSPS) is 10.8. The number of nitrogens with one attached hydrogen (secondary N) is 1. The molecule has 0 amide bonds. The molecule has 0 spiro atoms. The van der Waals surface area contributed by atoms with Crippen LogP contribution >= 0.6 is 0 Å². The summed E-state index contributed by atoms with van der Waals surface area (Å²) >= 11 is 0. The number of H-pyrrole nitrogens is 1. The molecule has 1 aromatic carbocycles. The molecule has 3 aromatic rings. The molecule has 19 heavy (non-hydrogen) atoms. The summed E-state index contributed by atoms with van der Waals surface area (Å²) in [5.41, 5.74) is 2.52. The predicted molar refractivity (Wildman–Crippen MR) is 67.5 cm³/mol. The summed E-state index contributed by atoms with van der Waals surface area (Å²) in [6.45, 7) is 0. The van der Waals surface area contributed by atoms with E-state index in [0.29, 0.717) is 11.2 Å². The van der Waals surface area contributed by atoms with Gasteiger partial charge in [-0.15, -0.1) is 0 Å². The van der Waals surface area contributed by atoms with Crippen molar-refractivity contribution >= 4 is 11.2 Å². The van der Waals surface area contributed by atoms with Crippen molar-refractivity contribution in [1.29, 1.82) is 0 Å². The van der Waals surface area contributed by atoms with E-state index in [-0.39, 0.29) is 11.6 Å². The maximum Gasteiger partial charge on any atom is 0.230 e. The molecular formula is C13H10FN3O2. The maximum atomic E-state index is 13.4. The van der Waals surface area contributed by atoms with Crippen LogP contribution in [-0.4, -0.2) is 27.2 Å². The molecule has 96 valence electrons. The number of halogens is 1. The summed E-state index contributed by atoms with van der Waals surface area (Å²) in [6, 6.07) is 4.51. The zero-order valence-corrected chi connectivity index (χ0v) is 10.0. The first kappa shape index (κ1) is 11.5. The molecule has 0 fully saturated rings. The number of fused-ring (bicyclic) bond motifs is 1. The summed E-state index contributed by atoms with van der Waals surface area (Å²) in [6.07, 6.45) is 2.96. The van der Waals surface area contributed by atoms with Gasteiger partial charge in [0.05, 0.1) is 13.3 Å². The van der Waals surface area contributed by atoms with Crippen molar-refractivity contribution in [2.24, 2.45) is 0 Å². The number of nitrogens with zero attached hydrogens (tertiary/aromatic N) is 2. The number of aromatic amines is 1. The molecule has 2 N–H and O–H groups in total. The Hall–Kier alpha value is -2.63. The first-order valence-electron chi connectivity index (χ1n) is 5.56. The van der Waals surface area contributed by atoms with Gasteiger partial charge < -0.3 is 14.8 Å². The third kappa shape index (κ3) is 1.87. The van der Waals surface area contributed by atoms with Crippen LogP contribution < -0.4 is 4.74 Å². The lowest BCUT2D eigenvalue weighted by Crippen LogP contribution is -1.89. The standard InChI is InChI=1S/C13H10FN3O2/c1-19-10-4-7(2-3-9(10)14)8-5-15-13-12(8)17-11(18)6-16-13/h2-6H,1H3,(H,15,16)(H,17,18). The number of aromatic nitrogens is 3. The Morgan fingerprint density at radius 3 is 3.00 bits per heavy atom. The molecule has 0 aliphatic heterocycles. The van der Waals surface area contributed by atoms with Crippen LogP contribution in [0.4, 0.5) is 4.39 Å². The van der Waals surface area contributed by atoms with Gasteiger partial charge in [0.2, 0.25) is 5.88 Å². The highest BCUT2D eigenvalue weighted by atomic mass is 19.1. The second kappa shape index (κ2) is 4.24. The summed E-state index contributed by atoms with van der Waals surface area (Å²) in [4.78, 5) is 11.0. The van der Waals surface area contributed by atoms with Crippen molar-refractivity contribution in [2.45, 2.75) is 0 Å². The largest absolute Gasteiger partial charge is 0.494 e. The fourth-order valence-electron chi connectivity index (χ4n) is 1.93. The van der Waals surface area contributed by atoms with Gasteiger partial charge in [-0.1, -0.05) is 6.07 Å². The average Bonchev–Trinajstić information content (AvgIpc) is 2.82. The monoisotopic (exact) mass is 259 g/mol. The van der Waals surface area contributed by atoms with Crippen molar-refractivity contribution < 1.29 is 14.2 Å². The van der Waals surface area contributed by atoms with E-state index in [1.54, 1.807) is 18.3 Å². The number of methoxy groups -OCH3 is 1. The molecule has 0 saturated carbocycles. The molecule has 0 saturated heterocycles. The van der Waals surface area contributed by atoms with Gasteiger partial charge in [0.1, 0.15) is 5.52 Å². The molecule has 5 nitrogen and oxygen atoms in total. The highest BCUT2D eigenvalue weighted by molar-refractivity contribution is 5.90. The van der Waals surface area contributed by atoms with Crippen molar-refractivity contribution in [3.05, 3.63) is 36.4 Å². The number of rotatable bonds is 2. The van der Waals surface area contributed by atoms with E-state index in [1.165, 1.54) is 19.4 Å². The molecule has 2 heterocycles. The number of aromatic hydroxyl groups is 1. The third-order valence-electron chi connectivity index (χ3n) is 2.83. The Bertz CT molecular complexity index is 755. The summed E-state index contributed by atoms with van der Waals surface area (Å²) in [5, 5.41) is 9.39. The van der Waals surface area contributed by atoms with Gasteiger partial charge in [0.25, 0.3) is 0 Å². The van der Waals surface area contributed by atoms with Gasteiger partial charge >= 0.3 is 0 Å². The Morgan fingerprint density at radius 1 is 1.37 bits per heavy atom. The van der Waals surface area contributed by atoms with Crippen LogP contribution in [0.5, 0.6) is 11.6 Å². The minimum Gasteiger partial charge on any atom is -0.494 e. The van der Waals surface area contributed by atoms with Crippen LogP contribution in [0, 0.1) is 5.82 Å². The maximum absolute atomic E-state index is 13.4. The number of hydrogen-bond acceptors (Lipinski definition) is 4. The second-order valence-corrected chi connectivity index (χ2v) is 3.98. The fraction of sp³-hybridized carbons (Fsp3) is 0.0769. The topological polar surface area (TPSA) is 71.0 Å². The smallest absolute Gasteiger partial charge is 0.230 e. The quantitative estimate of drug-likeness (QED) is 0.741. The van der Waals surface area contributed by atoms with Gasteiger partial charge in [-0.25, -0.2) is 14.4 Å². The van der Waals surface area contributed by atoms with Gasteiger partial charge in [0.15, 0.2) is 17.2 Å². The van der Waals surface area contributed by atoms with Crippen LogP contribution in [0.25, 0.3) is 22.3 Å². The second-order valence-electron chi connectivity index (χ2n) is 3.98. The van der Waals surface area contributed by atoms with Crippen molar-refractivity contribution in [2.75, 3.05) is 7.11 Å². The van der Waals surface area contributed by atoms with Crippen LogP contribution in [0.3, 0.4) is 0 Å². The lowest BCUT2D eigenvalue weighted by Gasteiger charge is -2.04. The lowest BCUT2D eigenvalue weighted by molar-refractivity contribution is 0.387. The van der Waals surface area contributed by atoms with E-state index < -0.39 is 5.82 Å². The third-order valence-corrected chi connectivity index (χ3v) is 2.83. The average molecular weight is 259 g/mol. The molecule has 6 heteroatoms. The lowest BCUT2D eigenvalue weighted by atomic mass is 10.1. The van der Waals surface area contributed by atoms with E-state index in [1.807, 2.05) is 0 Å². The molecule has 0 aliphatic rings. The van der Waals surface area contributed by atoms with Crippen LogP contribution in [0.2, 0.25) is 0 Å². The van der Waals surface area contributed by atoms with Crippen LogP contribution in [-0.2, 0) is 0 Å². The number of ether oxygens (including phenoxy) is 1. The zero-order valence-electron chi connectivity index (χ0n) is 10.0. The highest BCUT2D eigenvalue weighted by Crippen LogP contribution is 2.30. The van der Waals surface area contributed by atoms with Gasteiger partial charge in [0, 0.05) is 11.8 Å². The van der Waals surface area contributed by atoms with E-state index >= 15 is 0 Å². The molecule has 3 rings (SSSR count). The van der Waals surface area contributed by atoms with Crippen LogP contribution in [0.15, 0.2) is 30.6 Å². The summed E-state index contributed by atoms with van der Waals surface area (Å²) in [7, 11) is 1.41. The number of hydrogen-bond donors (Lipinski definition) is 2. The van der Waals surface area contributed by atoms with Gasteiger partial charge in [-0.2, -0.15) is 0 Å². The zero-order chi connectivity index (χ0) is 13.4. The Balaban J connectivity index is 2.21. The Labute approximate surface area is 107 Å². The Kier molecular flexibility index (Phi) is 2.56. The predicted octanol–water partition coefficient (Wildman–Crippen LogP) is 2.48. The minimum absolute atomic E-state index is 0.153. The number of benzene rings is 1. The molecule has 0 bridgehead atoms. The van der Waals surface area contributed by atoms with Crippen LogP contribution in [0.1, 0.15) is 0 Å². The minimum atomic E-state index is -0.431.